The molecule has 30 heavy (non-hydrogen) atoms. The van der Waals surface area contributed by atoms with Gasteiger partial charge in [0.25, 0.3) is 0 Å². The minimum atomic E-state index is -1.56. The molecule has 0 N–H and O–H groups in total. The molecule has 2 aromatic carbocycles. The monoisotopic (exact) mass is 434 g/mol. The Balaban J connectivity index is 1.51. The molecule has 0 aromatic heterocycles. The van der Waals surface area contributed by atoms with Gasteiger partial charge in [0, 0.05) is 24.7 Å². The first kappa shape index (κ1) is 22.3. The maximum atomic E-state index is 14.3. The molecule has 1 aliphatic rings. The highest BCUT2D eigenvalue weighted by Crippen LogP contribution is 2.27. The number of hydrogen-bond donors (Lipinski definition) is 0. The van der Waals surface area contributed by atoms with Gasteiger partial charge in [0.05, 0.1) is 12.7 Å². The topological polar surface area (TPSA) is 55.8 Å². The Morgan fingerprint density at radius 2 is 1.83 bits per heavy atom. The van der Waals surface area contributed by atoms with E-state index in [0.717, 1.165) is 24.2 Å². The molecule has 1 fully saturated rings. The van der Waals surface area contributed by atoms with E-state index in [2.05, 4.69) is 0 Å². The molecule has 1 saturated heterocycles. The van der Waals surface area contributed by atoms with Gasteiger partial charge in [-0.15, -0.1) is 4.21 Å². The van der Waals surface area contributed by atoms with Crippen LogP contribution in [0.25, 0.3) is 11.1 Å². The number of benzene rings is 2. The van der Waals surface area contributed by atoms with Crippen LogP contribution in [0.2, 0.25) is 0 Å². The first-order valence-electron chi connectivity index (χ1n) is 10.2. The van der Waals surface area contributed by atoms with Crippen LogP contribution in [-0.4, -0.2) is 43.0 Å². The van der Waals surface area contributed by atoms with Crippen LogP contribution in [0, 0.1) is 11.7 Å². The minimum absolute atomic E-state index is 0.107. The van der Waals surface area contributed by atoms with Gasteiger partial charge in [0.2, 0.25) is 0 Å². The summed E-state index contributed by atoms with van der Waals surface area (Å²) < 4.78 is 37.0. The van der Waals surface area contributed by atoms with Crippen LogP contribution >= 0.6 is 0 Å². The summed E-state index contributed by atoms with van der Waals surface area (Å²) in [6.07, 6.45) is 2.97. The lowest BCUT2D eigenvalue weighted by Crippen LogP contribution is -2.40. The number of carbonyl (C=O) groups is 1. The molecule has 0 bridgehead atoms. The molecule has 2 aromatic rings. The minimum Gasteiger partial charge on any atom is -0.493 e. The third-order valence-corrected chi connectivity index (χ3v) is 6.18. The third kappa shape index (κ3) is 5.81. The first-order valence-corrected chi connectivity index (χ1v) is 11.9. The van der Waals surface area contributed by atoms with Gasteiger partial charge in [-0.3, -0.25) is 0 Å². The molecule has 0 spiro atoms. The van der Waals surface area contributed by atoms with Crippen LogP contribution in [0.3, 0.4) is 0 Å². The number of rotatable bonds is 6. The van der Waals surface area contributed by atoms with Crippen molar-refractivity contribution in [2.75, 3.05) is 26.0 Å². The first-order chi connectivity index (χ1) is 14.3. The van der Waals surface area contributed by atoms with Gasteiger partial charge in [-0.1, -0.05) is 12.1 Å². The number of thiol groups is 1. The number of nitrogens with zero attached hydrogens (tertiary/aromatic N) is 1. The molecule has 1 heterocycles. The Morgan fingerprint density at radius 3 is 2.40 bits per heavy atom. The van der Waals surface area contributed by atoms with Crippen LogP contribution in [0.4, 0.5) is 9.18 Å². The molecule has 0 radical (unpaired) electrons. The van der Waals surface area contributed by atoms with Crippen LogP contribution in [0.15, 0.2) is 47.4 Å². The van der Waals surface area contributed by atoms with E-state index in [1.807, 2.05) is 38.1 Å². The predicted molar refractivity (Wildman–Crippen MR) is 117 cm³/mol. The van der Waals surface area contributed by atoms with Gasteiger partial charge >= 0.3 is 6.09 Å². The van der Waals surface area contributed by atoms with Crippen LogP contribution in [0.5, 0.6) is 5.75 Å². The molecule has 162 valence electrons. The average Bonchev–Trinajstić information content (AvgIpc) is 2.72. The van der Waals surface area contributed by atoms with E-state index in [4.69, 9.17) is 9.47 Å². The molecule has 1 aliphatic heterocycles. The van der Waals surface area contributed by atoms with Gasteiger partial charge in [-0.2, -0.15) is 0 Å². The standard InChI is InChI=1S/C23H28FNO4S/c1-16(2)29-23(26)25-12-10-17(11-13-25)15-28-19-6-4-18(5-7-19)21-9-8-20(30(3)27)14-22(21)24/h4-9,14,16-17H,10-13,15H2,1-3H3/p+1. The molecule has 1 amide bonds. The zero-order chi connectivity index (χ0) is 21.7. The second-order valence-electron chi connectivity index (χ2n) is 7.86. The third-order valence-electron chi connectivity index (χ3n) is 5.18. The molecule has 1 unspecified atom stereocenters. The van der Waals surface area contributed by atoms with Crippen LogP contribution in [-0.2, 0) is 19.7 Å². The number of halogens is 1. The van der Waals surface area contributed by atoms with E-state index in [1.54, 1.807) is 23.3 Å². The highest BCUT2D eigenvalue weighted by molar-refractivity contribution is 7.84. The second-order valence-corrected chi connectivity index (χ2v) is 9.37. The maximum absolute atomic E-state index is 14.3. The Labute approximate surface area is 179 Å². The number of likely N-dealkylation sites (tertiary alicyclic amines) is 1. The van der Waals surface area contributed by atoms with Crippen molar-refractivity contribution in [2.24, 2.45) is 5.92 Å². The lowest BCUT2D eigenvalue weighted by atomic mass is 9.98. The van der Waals surface area contributed by atoms with Gasteiger partial charge in [-0.25, -0.2) is 9.18 Å². The molecule has 5 nitrogen and oxygen atoms in total. The van der Waals surface area contributed by atoms with Gasteiger partial charge in [0.1, 0.15) is 28.6 Å². The number of ether oxygens (including phenoxy) is 2. The van der Waals surface area contributed by atoms with E-state index in [-0.39, 0.29) is 18.0 Å². The quantitative estimate of drug-likeness (QED) is 0.483. The van der Waals surface area contributed by atoms with Crippen molar-refractivity contribution in [3.8, 4) is 16.9 Å². The Hall–Kier alpha value is -2.41. The van der Waals surface area contributed by atoms with Crippen molar-refractivity contribution >= 4 is 16.9 Å². The molecule has 0 saturated carbocycles. The molecular weight excluding hydrogens is 405 g/mol. The van der Waals surface area contributed by atoms with Crippen molar-refractivity contribution in [1.82, 2.24) is 4.90 Å². The smallest absolute Gasteiger partial charge is 0.410 e. The fourth-order valence-electron chi connectivity index (χ4n) is 3.44. The number of piperidine rings is 1. The number of carbonyl (C=O) groups excluding carboxylic acids is 1. The van der Waals surface area contributed by atoms with E-state index in [1.165, 1.54) is 6.07 Å². The fraction of sp³-hybridized carbons (Fsp3) is 0.435. The predicted octanol–water partition coefficient (Wildman–Crippen LogP) is 4.81. The Kier molecular flexibility index (Phi) is 7.48. The summed E-state index contributed by atoms with van der Waals surface area (Å²) in [5.41, 5.74) is 1.22. The van der Waals surface area contributed by atoms with Crippen molar-refractivity contribution in [1.29, 1.82) is 0 Å². The van der Waals surface area contributed by atoms with E-state index in [9.17, 15) is 13.4 Å². The normalized spacial score (nSPS) is 15.8. The highest BCUT2D eigenvalue weighted by Gasteiger charge is 2.24. The number of hydrogen-bond acceptors (Lipinski definition) is 4. The van der Waals surface area contributed by atoms with Gasteiger partial charge in [0.15, 0.2) is 4.90 Å². The fourth-order valence-corrected chi connectivity index (χ4v) is 4.02. The van der Waals surface area contributed by atoms with Crippen molar-refractivity contribution < 1.29 is 22.9 Å². The molecule has 3 rings (SSSR count). The van der Waals surface area contributed by atoms with Gasteiger partial charge < -0.3 is 14.4 Å². The summed E-state index contributed by atoms with van der Waals surface area (Å²) in [4.78, 5) is 14.2. The molecule has 7 heteroatoms. The molecule has 0 aliphatic carbocycles. The summed E-state index contributed by atoms with van der Waals surface area (Å²) >= 11 is 0. The summed E-state index contributed by atoms with van der Waals surface area (Å²) in [5.74, 6) is 0.733. The van der Waals surface area contributed by atoms with E-state index < -0.39 is 10.8 Å². The zero-order valence-electron chi connectivity index (χ0n) is 17.6. The molecule has 1 atom stereocenters. The summed E-state index contributed by atoms with van der Waals surface area (Å²) in [7, 11) is -1.56. The van der Waals surface area contributed by atoms with Crippen molar-refractivity contribution in [3.63, 3.8) is 0 Å². The summed E-state index contributed by atoms with van der Waals surface area (Å²) in [5, 5.41) is 0. The lowest BCUT2D eigenvalue weighted by molar-refractivity contribution is 0.0608. The summed E-state index contributed by atoms with van der Waals surface area (Å²) in [6.45, 7) is 5.63. The average molecular weight is 435 g/mol. The van der Waals surface area contributed by atoms with Crippen LogP contribution < -0.4 is 4.74 Å². The molecular formula is C23H29FNO4S+. The summed E-state index contributed by atoms with van der Waals surface area (Å²) in [6, 6.07) is 12.0. The zero-order valence-corrected chi connectivity index (χ0v) is 18.5. The Morgan fingerprint density at radius 1 is 1.17 bits per heavy atom. The lowest BCUT2D eigenvalue weighted by Gasteiger charge is -2.31. The van der Waals surface area contributed by atoms with Crippen molar-refractivity contribution in [3.05, 3.63) is 48.3 Å². The van der Waals surface area contributed by atoms with E-state index in [0.29, 0.717) is 36.1 Å². The Bertz CT molecular complexity index is 893. The SMILES string of the molecule is CC(C)OC(=O)N1CCC(COc2ccc(-c3ccc([SH+](C)=O)cc3F)cc2)CC1. The largest absolute Gasteiger partial charge is 0.493 e. The number of amides is 1. The van der Waals surface area contributed by atoms with Gasteiger partial charge in [-0.05, 0) is 62.4 Å². The highest BCUT2D eigenvalue weighted by atomic mass is 32.2. The van der Waals surface area contributed by atoms with Crippen molar-refractivity contribution in [2.45, 2.75) is 37.7 Å². The van der Waals surface area contributed by atoms with Crippen LogP contribution in [0.1, 0.15) is 26.7 Å². The van der Waals surface area contributed by atoms with E-state index >= 15 is 0 Å². The maximum Gasteiger partial charge on any atom is 0.410 e. The second kappa shape index (κ2) is 10.1.